The van der Waals surface area contributed by atoms with E-state index in [9.17, 15) is 29.3 Å². The van der Waals surface area contributed by atoms with Gasteiger partial charge < -0.3 is 16.4 Å². The molecule has 0 bridgehead atoms. The highest BCUT2D eigenvalue weighted by molar-refractivity contribution is 6.10. The standard InChI is InChI=1S/C20H19N5O6/c1-11-6-7-14(25(30)31)9-15(11)22-16(26)10-24-18(28)20(2,23-19(24)29)13-5-3-4-12(8-13)17(21)27/h3-9H,10H2,1-2H3,(H2,21,27)(H,22,26)(H,23,29). The largest absolute Gasteiger partial charge is 0.366 e. The minimum Gasteiger partial charge on any atom is -0.366 e. The number of amides is 5. The van der Waals surface area contributed by atoms with Gasteiger partial charge in [-0.1, -0.05) is 18.2 Å². The van der Waals surface area contributed by atoms with Crippen LogP contribution in [0.2, 0.25) is 0 Å². The molecule has 0 aromatic heterocycles. The maximum Gasteiger partial charge on any atom is 0.325 e. The summed E-state index contributed by atoms with van der Waals surface area (Å²) in [7, 11) is 0. The Kier molecular flexibility index (Phi) is 5.43. The summed E-state index contributed by atoms with van der Waals surface area (Å²) < 4.78 is 0. The number of primary amides is 1. The van der Waals surface area contributed by atoms with Crippen molar-refractivity contribution in [2.45, 2.75) is 19.4 Å². The van der Waals surface area contributed by atoms with Crippen LogP contribution in [-0.4, -0.2) is 40.1 Å². The zero-order valence-electron chi connectivity index (χ0n) is 16.7. The molecular formula is C20H19N5O6. The first-order valence-corrected chi connectivity index (χ1v) is 9.12. The molecule has 1 fully saturated rings. The molecule has 5 amide bonds. The van der Waals surface area contributed by atoms with Gasteiger partial charge in [0.2, 0.25) is 11.8 Å². The Morgan fingerprint density at radius 3 is 2.58 bits per heavy atom. The van der Waals surface area contributed by atoms with Crippen LogP contribution in [0.4, 0.5) is 16.2 Å². The summed E-state index contributed by atoms with van der Waals surface area (Å²) in [6.07, 6.45) is 0. The molecule has 1 heterocycles. The van der Waals surface area contributed by atoms with Gasteiger partial charge in [-0.3, -0.25) is 29.4 Å². The zero-order valence-corrected chi connectivity index (χ0v) is 16.7. The lowest BCUT2D eigenvalue weighted by Gasteiger charge is -2.22. The summed E-state index contributed by atoms with van der Waals surface area (Å²) in [5.74, 6) is -2.09. The van der Waals surface area contributed by atoms with Crippen LogP contribution in [-0.2, 0) is 15.1 Å². The van der Waals surface area contributed by atoms with Crippen molar-refractivity contribution in [1.29, 1.82) is 0 Å². The van der Waals surface area contributed by atoms with Gasteiger partial charge in [-0.05, 0) is 37.1 Å². The number of nitrogens with zero attached hydrogens (tertiary/aromatic N) is 2. The number of carbonyl (C=O) groups is 4. The topological polar surface area (TPSA) is 165 Å². The number of urea groups is 1. The van der Waals surface area contributed by atoms with Crippen molar-refractivity contribution >= 4 is 35.1 Å². The summed E-state index contributed by atoms with van der Waals surface area (Å²) in [5, 5.41) is 16.0. The number of benzene rings is 2. The number of imide groups is 1. The van der Waals surface area contributed by atoms with Gasteiger partial charge in [-0.25, -0.2) is 4.79 Å². The first kappa shape index (κ1) is 21.4. The first-order chi connectivity index (χ1) is 14.5. The molecule has 1 unspecified atom stereocenters. The molecule has 1 saturated heterocycles. The number of nitro groups is 1. The van der Waals surface area contributed by atoms with Crippen LogP contribution in [0, 0.1) is 17.0 Å². The molecule has 2 aromatic rings. The van der Waals surface area contributed by atoms with Crippen molar-refractivity contribution in [2.24, 2.45) is 5.73 Å². The van der Waals surface area contributed by atoms with E-state index in [0.717, 1.165) is 4.90 Å². The molecule has 0 spiro atoms. The normalized spacial score (nSPS) is 17.9. The molecule has 11 heteroatoms. The third-order valence-electron chi connectivity index (χ3n) is 5.01. The third kappa shape index (κ3) is 4.06. The monoisotopic (exact) mass is 425 g/mol. The van der Waals surface area contributed by atoms with Gasteiger partial charge in [0.25, 0.3) is 11.6 Å². The van der Waals surface area contributed by atoms with E-state index < -0.39 is 40.8 Å². The highest BCUT2D eigenvalue weighted by atomic mass is 16.6. The Hall–Kier alpha value is -4.28. The van der Waals surface area contributed by atoms with Crippen molar-refractivity contribution < 1.29 is 24.1 Å². The number of nitrogens with two attached hydrogens (primary N) is 1. The Morgan fingerprint density at radius 2 is 1.94 bits per heavy atom. The van der Waals surface area contributed by atoms with Crippen molar-refractivity contribution in [3.8, 4) is 0 Å². The number of nitrogens with one attached hydrogen (secondary N) is 2. The second kappa shape index (κ2) is 7.86. The van der Waals surface area contributed by atoms with Gasteiger partial charge in [0.1, 0.15) is 12.1 Å². The predicted octanol–water partition coefficient (Wildman–Crippen LogP) is 1.41. The minimum atomic E-state index is -1.50. The number of non-ortho nitro benzene ring substituents is 1. The van der Waals surface area contributed by atoms with Crippen LogP contribution in [0.5, 0.6) is 0 Å². The van der Waals surface area contributed by atoms with Crippen LogP contribution < -0.4 is 16.4 Å². The molecule has 0 aliphatic carbocycles. The maximum atomic E-state index is 13.0. The number of anilines is 1. The van der Waals surface area contributed by atoms with Gasteiger partial charge in [-0.2, -0.15) is 0 Å². The summed E-state index contributed by atoms with van der Waals surface area (Å²) in [4.78, 5) is 60.4. The number of rotatable bonds is 6. The van der Waals surface area contributed by atoms with E-state index in [4.69, 9.17) is 5.73 Å². The van der Waals surface area contributed by atoms with E-state index in [2.05, 4.69) is 10.6 Å². The summed E-state index contributed by atoms with van der Waals surface area (Å²) in [6.45, 7) is 2.50. The number of carbonyl (C=O) groups excluding carboxylic acids is 4. The molecule has 31 heavy (non-hydrogen) atoms. The fourth-order valence-electron chi connectivity index (χ4n) is 3.21. The van der Waals surface area contributed by atoms with Gasteiger partial charge in [0.15, 0.2) is 0 Å². The molecule has 4 N–H and O–H groups in total. The van der Waals surface area contributed by atoms with E-state index in [1.54, 1.807) is 13.0 Å². The number of hydrogen-bond acceptors (Lipinski definition) is 6. The van der Waals surface area contributed by atoms with Crippen molar-refractivity contribution in [1.82, 2.24) is 10.2 Å². The van der Waals surface area contributed by atoms with Gasteiger partial charge in [-0.15, -0.1) is 0 Å². The fraction of sp³-hybridized carbons (Fsp3) is 0.200. The SMILES string of the molecule is Cc1ccc([N+](=O)[O-])cc1NC(=O)CN1C(=O)NC(C)(c2cccc(C(N)=O)c2)C1=O. The van der Waals surface area contributed by atoms with Crippen LogP contribution in [0.3, 0.4) is 0 Å². The fourth-order valence-corrected chi connectivity index (χ4v) is 3.21. The molecular weight excluding hydrogens is 406 g/mol. The highest BCUT2D eigenvalue weighted by Gasteiger charge is 2.49. The number of nitro benzene ring substituents is 1. The molecule has 0 radical (unpaired) electrons. The Balaban J connectivity index is 1.80. The average molecular weight is 425 g/mol. The number of hydrogen-bond donors (Lipinski definition) is 3. The van der Waals surface area contributed by atoms with Crippen LogP contribution in [0.1, 0.15) is 28.4 Å². The van der Waals surface area contributed by atoms with E-state index in [-0.39, 0.29) is 16.9 Å². The first-order valence-electron chi connectivity index (χ1n) is 9.12. The van der Waals surface area contributed by atoms with E-state index in [1.807, 2.05) is 0 Å². The van der Waals surface area contributed by atoms with Crippen LogP contribution in [0.15, 0.2) is 42.5 Å². The van der Waals surface area contributed by atoms with Crippen molar-refractivity contribution in [3.63, 3.8) is 0 Å². The van der Waals surface area contributed by atoms with Gasteiger partial charge in [0, 0.05) is 17.7 Å². The highest BCUT2D eigenvalue weighted by Crippen LogP contribution is 2.29. The lowest BCUT2D eigenvalue weighted by Crippen LogP contribution is -2.42. The lowest BCUT2D eigenvalue weighted by molar-refractivity contribution is -0.384. The molecule has 1 aliphatic heterocycles. The third-order valence-corrected chi connectivity index (χ3v) is 5.01. The molecule has 3 rings (SSSR count). The predicted molar refractivity (Wildman–Crippen MR) is 109 cm³/mol. The molecule has 1 aliphatic rings. The molecule has 2 aromatic carbocycles. The summed E-state index contributed by atoms with van der Waals surface area (Å²) in [5.41, 5.74) is 4.84. The van der Waals surface area contributed by atoms with E-state index in [1.165, 1.54) is 43.3 Å². The number of aryl methyl sites for hydroxylation is 1. The van der Waals surface area contributed by atoms with Crippen molar-refractivity contribution in [3.05, 3.63) is 69.3 Å². The van der Waals surface area contributed by atoms with E-state index in [0.29, 0.717) is 11.1 Å². The second-order valence-electron chi connectivity index (χ2n) is 7.20. The molecule has 160 valence electrons. The molecule has 11 nitrogen and oxygen atoms in total. The molecule has 1 atom stereocenters. The Morgan fingerprint density at radius 1 is 1.23 bits per heavy atom. The van der Waals surface area contributed by atoms with Gasteiger partial charge in [0.05, 0.1) is 10.6 Å². The van der Waals surface area contributed by atoms with Crippen LogP contribution in [0.25, 0.3) is 0 Å². The smallest absolute Gasteiger partial charge is 0.325 e. The lowest BCUT2D eigenvalue weighted by atomic mass is 9.90. The quantitative estimate of drug-likeness (QED) is 0.360. The van der Waals surface area contributed by atoms with E-state index >= 15 is 0 Å². The second-order valence-corrected chi connectivity index (χ2v) is 7.20. The Labute approximate surface area is 176 Å². The average Bonchev–Trinajstić information content (AvgIpc) is 2.93. The Bertz CT molecular complexity index is 1130. The zero-order chi connectivity index (χ0) is 22.9. The summed E-state index contributed by atoms with van der Waals surface area (Å²) >= 11 is 0. The van der Waals surface area contributed by atoms with Gasteiger partial charge >= 0.3 is 6.03 Å². The maximum absolute atomic E-state index is 13.0. The summed E-state index contributed by atoms with van der Waals surface area (Å²) in [6, 6.07) is 9.14. The molecule has 0 saturated carbocycles. The van der Waals surface area contributed by atoms with Crippen molar-refractivity contribution in [2.75, 3.05) is 11.9 Å². The minimum absolute atomic E-state index is 0.165. The van der Waals surface area contributed by atoms with Crippen LogP contribution >= 0.6 is 0 Å².